The van der Waals surface area contributed by atoms with E-state index in [1.165, 1.54) is 4.90 Å². The minimum Gasteiger partial charge on any atom is -0.480 e. The summed E-state index contributed by atoms with van der Waals surface area (Å²) in [5, 5.41) is 9.20. The number of amides is 1. The van der Waals surface area contributed by atoms with Gasteiger partial charge in [0.1, 0.15) is 17.4 Å². The molecule has 0 spiro atoms. The van der Waals surface area contributed by atoms with Crippen LogP contribution in [0.1, 0.15) is 29.0 Å². The first-order chi connectivity index (χ1) is 9.59. The van der Waals surface area contributed by atoms with E-state index in [4.69, 9.17) is 0 Å². The first-order valence-electron chi connectivity index (χ1n) is 6.57. The number of pyridine rings is 1. The van der Waals surface area contributed by atoms with E-state index in [0.29, 0.717) is 30.0 Å². The molecule has 1 atom stereocenters. The smallest absolute Gasteiger partial charge is 0.326 e. The van der Waals surface area contributed by atoms with E-state index in [0.717, 1.165) is 6.42 Å². The van der Waals surface area contributed by atoms with Crippen molar-refractivity contribution < 1.29 is 14.7 Å². The highest BCUT2D eigenvalue weighted by Gasteiger charge is 2.36. The second-order valence-corrected chi connectivity index (χ2v) is 4.97. The highest BCUT2D eigenvalue weighted by atomic mass is 16.4. The molecule has 1 unspecified atom stereocenters. The molecule has 1 aliphatic heterocycles. The summed E-state index contributed by atoms with van der Waals surface area (Å²) in [4.78, 5) is 29.7. The lowest BCUT2D eigenvalue weighted by Gasteiger charge is -2.21. The Balaban J connectivity index is 2.04. The number of fused-ring (bicyclic) bond motifs is 1. The van der Waals surface area contributed by atoms with Gasteiger partial charge in [0.2, 0.25) is 0 Å². The molecule has 1 amide bonds. The lowest BCUT2D eigenvalue weighted by atomic mass is 10.2. The standard InChI is InChI=1S/C14H15N3O3/c1-9-12(17-7-3-2-6-11(17)15-9)13(18)16-8-4-5-10(16)14(19)20/h2-3,6-7,10H,4-5,8H2,1H3,(H,19,20). The third kappa shape index (κ3) is 1.84. The van der Waals surface area contributed by atoms with Gasteiger partial charge in [0.05, 0.1) is 5.69 Å². The zero-order valence-electron chi connectivity index (χ0n) is 11.1. The van der Waals surface area contributed by atoms with Crippen molar-refractivity contribution in [3.8, 4) is 0 Å². The van der Waals surface area contributed by atoms with Crippen LogP contribution in [0.4, 0.5) is 0 Å². The Labute approximate surface area is 115 Å². The van der Waals surface area contributed by atoms with Crippen LogP contribution in [0.5, 0.6) is 0 Å². The van der Waals surface area contributed by atoms with Crippen LogP contribution in [0, 0.1) is 6.92 Å². The Morgan fingerprint density at radius 2 is 2.20 bits per heavy atom. The average Bonchev–Trinajstić information content (AvgIpc) is 3.01. The lowest BCUT2D eigenvalue weighted by Crippen LogP contribution is -2.41. The molecule has 2 aromatic rings. The van der Waals surface area contributed by atoms with E-state index in [-0.39, 0.29) is 5.91 Å². The molecule has 1 N–H and O–H groups in total. The SMILES string of the molecule is Cc1nc2ccccn2c1C(=O)N1CCCC1C(=O)O. The van der Waals surface area contributed by atoms with Crippen molar-refractivity contribution in [2.45, 2.75) is 25.8 Å². The zero-order valence-corrected chi connectivity index (χ0v) is 11.1. The molecule has 1 aliphatic rings. The summed E-state index contributed by atoms with van der Waals surface area (Å²) in [5.41, 5.74) is 1.77. The zero-order chi connectivity index (χ0) is 14.3. The summed E-state index contributed by atoms with van der Waals surface area (Å²) in [7, 11) is 0. The summed E-state index contributed by atoms with van der Waals surface area (Å²) >= 11 is 0. The number of aliphatic carboxylic acids is 1. The molecular weight excluding hydrogens is 258 g/mol. The van der Waals surface area contributed by atoms with Crippen LogP contribution in [0.3, 0.4) is 0 Å². The lowest BCUT2D eigenvalue weighted by molar-refractivity contribution is -0.141. The van der Waals surface area contributed by atoms with Crippen molar-refractivity contribution in [1.82, 2.24) is 14.3 Å². The van der Waals surface area contributed by atoms with E-state index in [1.807, 2.05) is 18.2 Å². The van der Waals surface area contributed by atoms with E-state index in [2.05, 4.69) is 4.98 Å². The molecular formula is C14H15N3O3. The molecule has 104 valence electrons. The maximum absolute atomic E-state index is 12.7. The van der Waals surface area contributed by atoms with E-state index in [1.54, 1.807) is 17.5 Å². The quantitative estimate of drug-likeness (QED) is 0.895. The van der Waals surface area contributed by atoms with Gasteiger partial charge >= 0.3 is 5.97 Å². The molecule has 3 rings (SSSR count). The van der Waals surface area contributed by atoms with Crippen LogP contribution in [0.25, 0.3) is 5.65 Å². The molecule has 0 aromatic carbocycles. The summed E-state index contributed by atoms with van der Waals surface area (Å²) in [6, 6.07) is 4.77. The van der Waals surface area contributed by atoms with Crippen LogP contribution in [0.15, 0.2) is 24.4 Å². The number of hydrogen-bond donors (Lipinski definition) is 1. The topological polar surface area (TPSA) is 74.9 Å². The molecule has 0 saturated carbocycles. The fraction of sp³-hybridized carbons (Fsp3) is 0.357. The molecule has 2 aromatic heterocycles. The Kier molecular flexibility index (Phi) is 2.93. The second kappa shape index (κ2) is 4.63. The summed E-state index contributed by atoms with van der Waals surface area (Å²) in [6.45, 7) is 2.25. The van der Waals surface area contributed by atoms with Gasteiger partial charge in [0, 0.05) is 12.7 Å². The van der Waals surface area contributed by atoms with Crippen molar-refractivity contribution in [2.75, 3.05) is 6.54 Å². The third-order valence-corrected chi connectivity index (χ3v) is 3.71. The number of carboxylic acids is 1. The van der Waals surface area contributed by atoms with Crippen molar-refractivity contribution in [1.29, 1.82) is 0 Å². The van der Waals surface area contributed by atoms with E-state index >= 15 is 0 Å². The van der Waals surface area contributed by atoms with Crippen LogP contribution in [-0.4, -0.2) is 43.9 Å². The molecule has 1 saturated heterocycles. The number of likely N-dealkylation sites (tertiary alicyclic amines) is 1. The van der Waals surface area contributed by atoms with Crippen LogP contribution < -0.4 is 0 Å². The Morgan fingerprint density at radius 3 is 2.95 bits per heavy atom. The Morgan fingerprint density at radius 1 is 1.40 bits per heavy atom. The Bertz CT molecular complexity index is 692. The van der Waals surface area contributed by atoms with Crippen LogP contribution in [0.2, 0.25) is 0 Å². The Hall–Kier alpha value is -2.37. The number of nitrogens with zero attached hydrogens (tertiary/aromatic N) is 3. The number of aromatic nitrogens is 2. The molecule has 3 heterocycles. The minimum atomic E-state index is -0.942. The van der Waals surface area contributed by atoms with Crippen LogP contribution >= 0.6 is 0 Å². The molecule has 20 heavy (non-hydrogen) atoms. The van der Waals surface area contributed by atoms with Gasteiger partial charge in [-0.25, -0.2) is 9.78 Å². The van der Waals surface area contributed by atoms with Gasteiger partial charge in [0.15, 0.2) is 0 Å². The molecule has 6 nitrogen and oxygen atoms in total. The third-order valence-electron chi connectivity index (χ3n) is 3.71. The number of carbonyl (C=O) groups is 2. The molecule has 0 aliphatic carbocycles. The highest BCUT2D eigenvalue weighted by molar-refractivity contribution is 5.97. The first kappa shape index (κ1) is 12.7. The van der Waals surface area contributed by atoms with Gasteiger partial charge in [-0.1, -0.05) is 6.07 Å². The normalized spacial score (nSPS) is 18.6. The van der Waals surface area contributed by atoms with Crippen molar-refractivity contribution >= 4 is 17.5 Å². The van der Waals surface area contributed by atoms with E-state index < -0.39 is 12.0 Å². The highest BCUT2D eigenvalue weighted by Crippen LogP contribution is 2.22. The van der Waals surface area contributed by atoms with Gasteiger partial charge in [-0.3, -0.25) is 9.20 Å². The number of rotatable bonds is 2. The van der Waals surface area contributed by atoms with E-state index in [9.17, 15) is 14.7 Å². The number of imidazole rings is 1. The van der Waals surface area contributed by atoms with Gasteiger partial charge in [-0.2, -0.15) is 0 Å². The van der Waals surface area contributed by atoms with Gasteiger partial charge in [-0.15, -0.1) is 0 Å². The molecule has 1 fully saturated rings. The summed E-state index contributed by atoms with van der Waals surface area (Å²) in [5.74, 6) is -1.20. The second-order valence-electron chi connectivity index (χ2n) is 4.97. The fourth-order valence-corrected chi connectivity index (χ4v) is 2.77. The number of aryl methyl sites for hydroxylation is 1. The number of carboxylic acid groups (broad SMARTS) is 1. The molecule has 6 heteroatoms. The molecule has 0 bridgehead atoms. The number of carbonyl (C=O) groups excluding carboxylic acids is 1. The minimum absolute atomic E-state index is 0.258. The predicted octanol–water partition coefficient (Wildman–Crippen LogP) is 1.33. The predicted molar refractivity (Wildman–Crippen MR) is 71.6 cm³/mol. The maximum atomic E-state index is 12.7. The fourth-order valence-electron chi connectivity index (χ4n) is 2.77. The number of hydrogen-bond acceptors (Lipinski definition) is 3. The first-order valence-corrected chi connectivity index (χ1v) is 6.57. The van der Waals surface area contributed by atoms with Crippen molar-refractivity contribution in [3.63, 3.8) is 0 Å². The molecule has 0 radical (unpaired) electrons. The van der Waals surface area contributed by atoms with Gasteiger partial charge < -0.3 is 10.0 Å². The maximum Gasteiger partial charge on any atom is 0.326 e. The van der Waals surface area contributed by atoms with Gasteiger partial charge in [-0.05, 0) is 31.9 Å². The largest absolute Gasteiger partial charge is 0.480 e. The van der Waals surface area contributed by atoms with Crippen LogP contribution in [-0.2, 0) is 4.79 Å². The summed E-state index contributed by atoms with van der Waals surface area (Å²) < 4.78 is 1.72. The van der Waals surface area contributed by atoms with Gasteiger partial charge in [0.25, 0.3) is 5.91 Å². The average molecular weight is 273 g/mol. The van der Waals surface area contributed by atoms with Crippen molar-refractivity contribution in [3.05, 3.63) is 35.8 Å². The monoisotopic (exact) mass is 273 g/mol. The summed E-state index contributed by atoms with van der Waals surface area (Å²) in [6.07, 6.45) is 3.00. The van der Waals surface area contributed by atoms with Crippen molar-refractivity contribution in [2.24, 2.45) is 0 Å².